The Morgan fingerprint density at radius 2 is 1.86 bits per heavy atom. The van der Waals surface area contributed by atoms with Gasteiger partial charge in [0.15, 0.2) is 0 Å². The zero-order valence-electron chi connectivity index (χ0n) is 17.9. The van der Waals surface area contributed by atoms with Crippen LogP contribution >= 0.6 is 0 Å². The van der Waals surface area contributed by atoms with Crippen molar-refractivity contribution in [3.8, 4) is 0 Å². The molecule has 3 aliphatic rings. The van der Waals surface area contributed by atoms with Crippen LogP contribution in [-0.2, 0) is 16.4 Å². The number of benzene rings is 1. The molecule has 0 spiro atoms. The maximum absolute atomic E-state index is 11.6. The van der Waals surface area contributed by atoms with E-state index in [4.69, 9.17) is 0 Å². The minimum absolute atomic E-state index is 0.268. The summed E-state index contributed by atoms with van der Waals surface area (Å²) in [6.07, 6.45) is 6.57. The minimum Gasteiger partial charge on any atom is -0.366 e. The van der Waals surface area contributed by atoms with Crippen LogP contribution in [0.2, 0.25) is 0 Å². The smallest absolute Gasteiger partial charge is 0.250 e. The van der Waals surface area contributed by atoms with Gasteiger partial charge < -0.3 is 9.80 Å². The molecule has 3 aliphatic heterocycles. The predicted molar refractivity (Wildman–Crippen MR) is 117 cm³/mol. The number of rotatable bonds is 5. The molecule has 0 amide bonds. The number of piperidine rings is 1. The van der Waals surface area contributed by atoms with E-state index in [0.29, 0.717) is 12.0 Å². The van der Waals surface area contributed by atoms with Crippen molar-refractivity contribution < 1.29 is 8.42 Å². The van der Waals surface area contributed by atoms with Crippen molar-refractivity contribution in [1.82, 2.24) is 14.1 Å². The summed E-state index contributed by atoms with van der Waals surface area (Å²) in [7, 11) is -3.31. The summed E-state index contributed by atoms with van der Waals surface area (Å²) in [5.74, 6) is 0.642. The molecular weight excluding hydrogens is 384 g/mol. The van der Waals surface area contributed by atoms with Crippen LogP contribution in [0.1, 0.15) is 31.4 Å². The number of fused-ring (bicyclic) bond motifs is 4. The van der Waals surface area contributed by atoms with Crippen LogP contribution in [0.25, 0.3) is 0 Å². The van der Waals surface area contributed by atoms with Crippen LogP contribution in [0.3, 0.4) is 0 Å². The molecule has 7 heteroatoms. The molecule has 158 valence electrons. The molecule has 2 atom stereocenters. The fourth-order valence-corrected chi connectivity index (χ4v) is 5.61. The first kappa shape index (κ1) is 20.4. The molecule has 0 saturated carbocycles. The fourth-order valence-electron chi connectivity index (χ4n) is 5.07. The molecule has 6 nitrogen and oxygen atoms in total. The van der Waals surface area contributed by atoms with Crippen molar-refractivity contribution in [3.63, 3.8) is 0 Å². The summed E-state index contributed by atoms with van der Waals surface area (Å²) in [5.41, 5.74) is 3.87. The summed E-state index contributed by atoms with van der Waals surface area (Å²) in [6, 6.07) is 9.41. The van der Waals surface area contributed by atoms with E-state index in [1.165, 1.54) is 23.9 Å². The van der Waals surface area contributed by atoms with E-state index >= 15 is 0 Å². The van der Waals surface area contributed by atoms with Crippen LogP contribution in [0.4, 0.5) is 5.69 Å². The number of nitrogens with zero attached hydrogens (tertiary/aromatic N) is 4. The molecule has 5 rings (SSSR count). The first-order valence-corrected chi connectivity index (χ1v) is 12.3. The van der Waals surface area contributed by atoms with Crippen molar-refractivity contribution in [2.45, 2.75) is 39.7 Å². The van der Waals surface area contributed by atoms with Crippen molar-refractivity contribution in [1.29, 1.82) is 0 Å². The number of hydrogen-bond donors (Lipinski definition) is 0. The maximum atomic E-state index is 11.6. The van der Waals surface area contributed by atoms with Gasteiger partial charge in [0.25, 0.3) is 10.0 Å². The third-order valence-electron chi connectivity index (χ3n) is 6.53. The molecule has 2 aromatic rings. The maximum Gasteiger partial charge on any atom is 0.250 e. The molecule has 3 fully saturated rings. The molecule has 3 saturated heterocycles. The van der Waals surface area contributed by atoms with Crippen LogP contribution in [-0.4, -0.2) is 61.0 Å². The van der Waals surface area contributed by atoms with E-state index in [0.717, 1.165) is 42.3 Å². The van der Waals surface area contributed by atoms with E-state index in [1.54, 1.807) is 12.4 Å². The molecule has 29 heavy (non-hydrogen) atoms. The molecule has 0 N–H and O–H groups in total. The summed E-state index contributed by atoms with van der Waals surface area (Å²) in [6.45, 7) is 11.1. The highest BCUT2D eigenvalue weighted by molar-refractivity contribution is 7.89. The Hall–Kier alpha value is -1.86. The number of aryl methyl sites for hydroxylation is 1. The van der Waals surface area contributed by atoms with Crippen LogP contribution < -0.4 is 4.90 Å². The quantitative estimate of drug-likeness (QED) is 0.750. The fraction of sp³-hybridized carbons (Fsp3) is 0.591. The van der Waals surface area contributed by atoms with E-state index < -0.39 is 10.0 Å². The van der Waals surface area contributed by atoms with Crippen LogP contribution in [0.5, 0.6) is 0 Å². The SMILES string of the molecule is Cc1ccc(N2C[C@H]3CN(CCc4cnn(S(C)(=O)=O)c4)CC2C(C)(C)C3)cc1. The highest BCUT2D eigenvalue weighted by Gasteiger charge is 2.45. The highest BCUT2D eigenvalue weighted by atomic mass is 32.2. The molecule has 1 unspecified atom stereocenters. The van der Waals surface area contributed by atoms with Gasteiger partial charge in [-0.2, -0.15) is 9.19 Å². The Balaban J connectivity index is 1.49. The Morgan fingerprint density at radius 1 is 1.14 bits per heavy atom. The van der Waals surface area contributed by atoms with Gasteiger partial charge in [0, 0.05) is 44.1 Å². The number of hydrogen-bond acceptors (Lipinski definition) is 5. The topological polar surface area (TPSA) is 58.4 Å². The molecule has 0 radical (unpaired) electrons. The second-order valence-electron chi connectivity index (χ2n) is 9.56. The molecule has 4 heterocycles. The van der Waals surface area contributed by atoms with Crippen LogP contribution in [0.15, 0.2) is 36.7 Å². The van der Waals surface area contributed by atoms with E-state index in [9.17, 15) is 8.42 Å². The van der Waals surface area contributed by atoms with Gasteiger partial charge in [0.2, 0.25) is 0 Å². The first-order chi connectivity index (χ1) is 13.6. The summed E-state index contributed by atoms with van der Waals surface area (Å²) >= 11 is 0. The third kappa shape index (κ3) is 4.36. The lowest BCUT2D eigenvalue weighted by atomic mass is 9.73. The highest BCUT2D eigenvalue weighted by Crippen LogP contribution is 2.43. The minimum atomic E-state index is -3.31. The molecular formula is C22H32N4O2S. The molecule has 0 aliphatic carbocycles. The van der Waals surface area contributed by atoms with Gasteiger partial charge in [-0.05, 0) is 48.8 Å². The predicted octanol–water partition coefficient (Wildman–Crippen LogP) is 2.78. The standard InChI is InChI=1S/C22H32N4O2S/c1-17-5-7-20(8-6-17)25-14-19-11-22(2,3)21(25)16-24(13-19)10-9-18-12-23-26(15-18)29(4,27)28/h5-8,12,15,19,21H,9-11,13-14,16H2,1-4H3/t19-,21?/m1/s1. The van der Waals surface area contributed by atoms with Gasteiger partial charge in [0.05, 0.1) is 12.5 Å². The average molecular weight is 417 g/mol. The van der Waals surface area contributed by atoms with Gasteiger partial charge in [-0.3, -0.25) is 0 Å². The second-order valence-corrected chi connectivity index (χ2v) is 11.4. The van der Waals surface area contributed by atoms with Crippen molar-refractivity contribution in [2.24, 2.45) is 11.3 Å². The Labute approximate surface area is 174 Å². The van der Waals surface area contributed by atoms with Gasteiger partial charge in [-0.15, -0.1) is 0 Å². The van der Waals surface area contributed by atoms with Crippen LogP contribution in [0, 0.1) is 18.3 Å². The largest absolute Gasteiger partial charge is 0.366 e. The average Bonchev–Trinajstić information content (AvgIpc) is 2.99. The van der Waals surface area contributed by atoms with E-state index in [1.807, 2.05) is 0 Å². The molecule has 1 aromatic heterocycles. The second kappa shape index (κ2) is 7.43. The van der Waals surface area contributed by atoms with Gasteiger partial charge >= 0.3 is 0 Å². The summed E-state index contributed by atoms with van der Waals surface area (Å²) < 4.78 is 24.3. The summed E-state index contributed by atoms with van der Waals surface area (Å²) in [4.78, 5) is 5.19. The number of aromatic nitrogens is 2. The van der Waals surface area contributed by atoms with Crippen molar-refractivity contribution >= 4 is 15.7 Å². The normalized spacial score (nSPS) is 24.6. The summed E-state index contributed by atoms with van der Waals surface area (Å²) in [5, 5.41) is 4.00. The first-order valence-electron chi connectivity index (χ1n) is 10.4. The third-order valence-corrected chi connectivity index (χ3v) is 7.41. The lowest BCUT2D eigenvalue weighted by Gasteiger charge is -2.48. The Morgan fingerprint density at radius 3 is 2.52 bits per heavy atom. The Kier molecular flexibility index (Phi) is 5.23. The molecule has 2 bridgehead atoms. The zero-order valence-corrected chi connectivity index (χ0v) is 18.7. The van der Waals surface area contributed by atoms with Crippen molar-refractivity contribution in [3.05, 3.63) is 47.8 Å². The lowest BCUT2D eigenvalue weighted by molar-refractivity contribution is 0.190. The molecule has 1 aromatic carbocycles. The van der Waals surface area contributed by atoms with Gasteiger partial charge in [-0.1, -0.05) is 31.5 Å². The van der Waals surface area contributed by atoms with E-state index in [2.05, 4.69) is 59.9 Å². The Bertz CT molecular complexity index is 965. The van der Waals surface area contributed by atoms with Crippen molar-refractivity contribution in [2.75, 3.05) is 37.3 Å². The number of anilines is 1. The van der Waals surface area contributed by atoms with Gasteiger partial charge in [0.1, 0.15) is 0 Å². The monoisotopic (exact) mass is 416 g/mol. The van der Waals surface area contributed by atoms with Gasteiger partial charge in [-0.25, -0.2) is 8.42 Å². The lowest BCUT2D eigenvalue weighted by Crippen LogP contribution is -2.54. The zero-order chi connectivity index (χ0) is 20.8. The van der Waals surface area contributed by atoms with E-state index in [-0.39, 0.29) is 5.41 Å².